The van der Waals surface area contributed by atoms with Crippen molar-refractivity contribution in [2.75, 3.05) is 33.8 Å². The molecule has 0 aromatic heterocycles. The van der Waals surface area contributed by atoms with E-state index in [4.69, 9.17) is 14.2 Å². The van der Waals surface area contributed by atoms with Gasteiger partial charge in [-0.25, -0.2) is 0 Å². The number of methoxy groups -OCH3 is 1. The van der Waals surface area contributed by atoms with Gasteiger partial charge in [-0.05, 0) is 70.5 Å². The number of hydrogen-bond acceptors (Lipinski definition) is 6. The Labute approximate surface area is 172 Å². The summed E-state index contributed by atoms with van der Waals surface area (Å²) in [5, 5.41) is 11.2. The Morgan fingerprint density at radius 3 is 2.82 bits per heavy atom. The molecule has 0 bridgehead atoms. The molecule has 1 N–H and O–H groups in total. The second-order valence-corrected chi connectivity index (χ2v) is 9.68. The van der Waals surface area contributed by atoms with Gasteiger partial charge in [-0.15, -0.1) is 11.8 Å². The molecule has 3 fully saturated rings. The van der Waals surface area contributed by atoms with E-state index in [2.05, 4.69) is 38.1 Å². The summed E-state index contributed by atoms with van der Waals surface area (Å²) in [6.07, 6.45) is 5.31. The van der Waals surface area contributed by atoms with Crippen molar-refractivity contribution < 1.29 is 19.3 Å². The monoisotopic (exact) mass is 407 g/mol. The summed E-state index contributed by atoms with van der Waals surface area (Å²) in [5.74, 6) is 1.71. The number of fused-ring (bicyclic) bond motifs is 2. The lowest BCUT2D eigenvalue weighted by atomic mass is 9.53. The van der Waals surface area contributed by atoms with E-state index in [1.54, 1.807) is 18.9 Å². The molecule has 1 aromatic carbocycles. The second-order valence-electron chi connectivity index (χ2n) is 8.74. The third kappa shape index (κ3) is 3.04. The van der Waals surface area contributed by atoms with Gasteiger partial charge >= 0.3 is 0 Å². The van der Waals surface area contributed by atoms with E-state index in [9.17, 15) is 5.11 Å². The van der Waals surface area contributed by atoms with Crippen molar-refractivity contribution in [2.24, 2.45) is 11.8 Å². The van der Waals surface area contributed by atoms with Gasteiger partial charge < -0.3 is 24.2 Å². The maximum Gasteiger partial charge on any atom is 0.161 e. The first kappa shape index (κ1) is 20.3. The lowest BCUT2D eigenvalue weighted by Gasteiger charge is -2.59. The van der Waals surface area contributed by atoms with Crippen LogP contribution in [0.25, 0.3) is 0 Å². The molecule has 2 heterocycles. The average Bonchev–Trinajstić information content (AvgIpc) is 2.69. The van der Waals surface area contributed by atoms with Gasteiger partial charge in [0.2, 0.25) is 0 Å². The predicted molar refractivity (Wildman–Crippen MR) is 112 cm³/mol. The topological polar surface area (TPSA) is 51.2 Å². The molecule has 3 aliphatic rings. The molecule has 156 valence electrons. The summed E-state index contributed by atoms with van der Waals surface area (Å²) in [7, 11) is 3.85. The zero-order chi connectivity index (χ0) is 20.1. The Kier molecular flexibility index (Phi) is 5.60. The van der Waals surface area contributed by atoms with Crippen molar-refractivity contribution >= 4 is 11.8 Å². The number of likely N-dealkylation sites (tertiary alicyclic amines) is 1. The van der Waals surface area contributed by atoms with Crippen LogP contribution in [0.2, 0.25) is 0 Å². The molecule has 1 saturated carbocycles. The molecule has 2 saturated heterocycles. The Bertz CT molecular complexity index is 729. The van der Waals surface area contributed by atoms with Gasteiger partial charge in [0, 0.05) is 22.9 Å². The maximum atomic E-state index is 11.2. The fourth-order valence-corrected chi connectivity index (χ4v) is 6.90. The van der Waals surface area contributed by atoms with E-state index in [1.807, 2.05) is 6.07 Å². The molecule has 6 heteroatoms. The van der Waals surface area contributed by atoms with E-state index in [0.29, 0.717) is 36.2 Å². The number of phenolic OH excluding ortho intramolecular Hbond substituents is 1. The summed E-state index contributed by atoms with van der Waals surface area (Å²) >= 11 is 1.79. The Morgan fingerprint density at radius 2 is 2.11 bits per heavy atom. The van der Waals surface area contributed by atoms with Gasteiger partial charge in [0.15, 0.2) is 11.5 Å². The minimum Gasteiger partial charge on any atom is -0.504 e. The van der Waals surface area contributed by atoms with Crippen LogP contribution in [0.4, 0.5) is 0 Å². The normalized spacial score (nSPS) is 38.5. The summed E-state index contributed by atoms with van der Waals surface area (Å²) in [5.41, 5.74) is 2.31. The first-order valence-corrected chi connectivity index (χ1v) is 11.5. The number of rotatable bonds is 3. The largest absolute Gasteiger partial charge is 0.504 e. The van der Waals surface area contributed by atoms with Crippen molar-refractivity contribution in [3.05, 3.63) is 23.3 Å². The molecule has 2 aliphatic heterocycles. The van der Waals surface area contributed by atoms with Crippen LogP contribution in [0.5, 0.6) is 11.5 Å². The summed E-state index contributed by atoms with van der Waals surface area (Å²) in [6, 6.07) is 4.40. The first-order chi connectivity index (χ1) is 13.4. The van der Waals surface area contributed by atoms with E-state index >= 15 is 0 Å². The van der Waals surface area contributed by atoms with E-state index < -0.39 is 0 Å². The third-order valence-electron chi connectivity index (χ3n) is 7.63. The van der Waals surface area contributed by atoms with Crippen LogP contribution in [0, 0.1) is 18.8 Å². The van der Waals surface area contributed by atoms with Crippen LogP contribution in [0.1, 0.15) is 37.3 Å². The summed E-state index contributed by atoms with van der Waals surface area (Å²) < 4.78 is 17.5. The van der Waals surface area contributed by atoms with Crippen LogP contribution in [-0.4, -0.2) is 61.3 Å². The number of thioether (sulfide) groups is 1. The summed E-state index contributed by atoms with van der Waals surface area (Å²) in [4.78, 5) is 2.47. The molecular formula is C22H33NO4S. The quantitative estimate of drug-likeness (QED) is 0.823. The minimum absolute atomic E-state index is 0.101. The molecule has 0 radical (unpaired) electrons. The number of piperidine rings is 1. The fraction of sp³-hybridized carbons (Fsp3) is 0.727. The van der Waals surface area contributed by atoms with Gasteiger partial charge in [-0.1, -0.05) is 6.07 Å². The highest BCUT2D eigenvalue weighted by molar-refractivity contribution is 7.99. The molecule has 5 nitrogen and oxygen atoms in total. The maximum absolute atomic E-state index is 11.2. The van der Waals surface area contributed by atoms with Gasteiger partial charge in [0.25, 0.3) is 0 Å². The fourth-order valence-electron chi connectivity index (χ4n) is 6.07. The van der Waals surface area contributed by atoms with Gasteiger partial charge in [0.05, 0.1) is 13.2 Å². The van der Waals surface area contributed by atoms with Crippen molar-refractivity contribution in [3.8, 4) is 11.5 Å². The molecule has 1 aromatic rings. The van der Waals surface area contributed by atoms with Crippen molar-refractivity contribution in [3.63, 3.8) is 0 Å². The third-order valence-corrected chi connectivity index (χ3v) is 8.58. The molecule has 4 rings (SSSR count). The molecule has 6 atom stereocenters. The number of ether oxygens (including phenoxy) is 3. The summed E-state index contributed by atoms with van der Waals surface area (Å²) in [6.45, 7) is 5.84. The Morgan fingerprint density at radius 1 is 1.32 bits per heavy atom. The van der Waals surface area contributed by atoms with Crippen molar-refractivity contribution in [1.82, 2.24) is 4.90 Å². The molecule has 28 heavy (non-hydrogen) atoms. The Balaban J connectivity index is 1.83. The zero-order valence-corrected chi connectivity index (χ0v) is 18.4. The standard InChI is InChI=1S/C22H33NO4S/c1-13-6-7-17(25-4)20(24)19(13)22-8-9-23(3)14(2)16(22)10-15-18(11-22)26-12-27-21(15)28-5/h6-7,14-16,18,21,24H,8-12H2,1-5H3/t14?,15-,16?,18?,21?,22?/m0/s1. The highest BCUT2D eigenvalue weighted by Crippen LogP contribution is 2.58. The highest BCUT2D eigenvalue weighted by Gasteiger charge is 2.57. The zero-order valence-electron chi connectivity index (χ0n) is 17.6. The van der Waals surface area contributed by atoms with Crippen LogP contribution < -0.4 is 4.74 Å². The SMILES string of the molecule is COc1ccc(C)c(C23CCN(C)C(C)C2C[C@H]2C(C3)OCOC2SC)c1O. The van der Waals surface area contributed by atoms with E-state index in [1.165, 1.54) is 0 Å². The second kappa shape index (κ2) is 7.71. The van der Waals surface area contributed by atoms with Crippen LogP contribution in [0.15, 0.2) is 12.1 Å². The molecule has 0 amide bonds. The van der Waals surface area contributed by atoms with Crippen molar-refractivity contribution in [1.29, 1.82) is 0 Å². The Hall–Kier alpha value is -0.950. The molecule has 1 aliphatic carbocycles. The predicted octanol–water partition coefficient (Wildman–Crippen LogP) is 3.76. The van der Waals surface area contributed by atoms with Gasteiger partial charge in [-0.3, -0.25) is 0 Å². The minimum atomic E-state index is -0.101. The number of phenols is 1. The lowest BCUT2D eigenvalue weighted by Crippen LogP contribution is -2.61. The number of hydrogen-bond donors (Lipinski definition) is 1. The lowest BCUT2D eigenvalue weighted by molar-refractivity contribution is -0.213. The number of benzene rings is 1. The van der Waals surface area contributed by atoms with Crippen molar-refractivity contribution in [2.45, 2.75) is 56.1 Å². The average molecular weight is 408 g/mol. The van der Waals surface area contributed by atoms with Crippen LogP contribution >= 0.6 is 11.8 Å². The molecule has 0 spiro atoms. The number of aryl methyl sites for hydroxylation is 1. The first-order valence-electron chi connectivity index (χ1n) is 10.3. The highest BCUT2D eigenvalue weighted by atomic mass is 32.2. The van der Waals surface area contributed by atoms with Gasteiger partial charge in [0.1, 0.15) is 12.2 Å². The molecule has 5 unspecified atom stereocenters. The number of aromatic hydroxyl groups is 1. The smallest absolute Gasteiger partial charge is 0.161 e. The number of nitrogens with zero attached hydrogens (tertiary/aromatic N) is 1. The van der Waals surface area contributed by atoms with Crippen LogP contribution in [0.3, 0.4) is 0 Å². The molecular weight excluding hydrogens is 374 g/mol. The van der Waals surface area contributed by atoms with Gasteiger partial charge in [-0.2, -0.15) is 0 Å². The van der Waals surface area contributed by atoms with E-state index in [-0.39, 0.29) is 17.0 Å². The van der Waals surface area contributed by atoms with Crippen LogP contribution in [-0.2, 0) is 14.9 Å². The van der Waals surface area contributed by atoms with E-state index in [0.717, 1.165) is 36.9 Å².